The lowest BCUT2D eigenvalue weighted by molar-refractivity contribution is -0.133. The van der Waals surface area contributed by atoms with Crippen LogP contribution in [0, 0.1) is 0 Å². The lowest BCUT2D eigenvalue weighted by Crippen LogP contribution is -2.42. The first kappa shape index (κ1) is 17.3. The van der Waals surface area contributed by atoms with Crippen LogP contribution in [0.25, 0.3) is 0 Å². The highest BCUT2D eigenvalue weighted by molar-refractivity contribution is 5.85. The minimum Gasteiger partial charge on any atom is -0.497 e. The number of nitrogens with zero attached hydrogens (tertiary/aromatic N) is 1. The number of nitrogens with two attached hydrogens (primary N) is 1. The molecule has 1 unspecified atom stereocenters. The molecule has 122 valence electrons. The van der Waals surface area contributed by atoms with E-state index in [1.807, 2.05) is 35.2 Å². The Labute approximate surface area is 142 Å². The van der Waals surface area contributed by atoms with Gasteiger partial charge in [0.15, 0.2) is 0 Å². The third-order valence-electron chi connectivity index (χ3n) is 4.22. The van der Waals surface area contributed by atoms with Crippen molar-refractivity contribution < 1.29 is 9.53 Å². The van der Waals surface area contributed by atoms with Gasteiger partial charge in [-0.1, -0.05) is 36.4 Å². The summed E-state index contributed by atoms with van der Waals surface area (Å²) in [5.41, 5.74) is 9.14. The largest absolute Gasteiger partial charge is 0.497 e. The molecule has 0 bridgehead atoms. The number of hydrogen-bond donors (Lipinski definition) is 1. The molecular formula is C18H21ClN2O2. The number of benzene rings is 2. The van der Waals surface area contributed by atoms with Crippen LogP contribution in [0.3, 0.4) is 0 Å². The zero-order chi connectivity index (χ0) is 15.5. The predicted octanol–water partition coefficient (Wildman–Crippen LogP) is 2.70. The van der Waals surface area contributed by atoms with Gasteiger partial charge in [-0.05, 0) is 35.2 Å². The van der Waals surface area contributed by atoms with Crippen molar-refractivity contribution >= 4 is 18.3 Å². The summed E-state index contributed by atoms with van der Waals surface area (Å²) in [6, 6.07) is 16.2. The van der Waals surface area contributed by atoms with Crippen molar-refractivity contribution in [2.45, 2.75) is 19.0 Å². The fourth-order valence-corrected chi connectivity index (χ4v) is 3.04. The van der Waals surface area contributed by atoms with E-state index in [4.69, 9.17) is 10.5 Å². The number of hydrogen-bond acceptors (Lipinski definition) is 3. The number of ether oxygens (including phenoxy) is 1. The summed E-state index contributed by atoms with van der Waals surface area (Å²) < 4.78 is 5.29. The molecule has 0 fully saturated rings. The number of carbonyl (C=O) groups excluding carboxylic acids is 1. The summed E-state index contributed by atoms with van der Waals surface area (Å²) in [6.45, 7) is 0.602. The molecule has 0 spiro atoms. The molecule has 0 aromatic heterocycles. The predicted molar refractivity (Wildman–Crippen MR) is 92.7 cm³/mol. The lowest BCUT2D eigenvalue weighted by Gasteiger charge is -2.37. The van der Waals surface area contributed by atoms with Gasteiger partial charge in [0, 0.05) is 6.54 Å². The van der Waals surface area contributed by atoms with Crippen LogP contribution in [0.1, 0.15) is 22.7 Å². The number of halogens is 1. The summed E-state index contributed by atoms with van der Waals surface area (Å²) in [5.74, 6) is 0.791. The monoisotopic (exact) mass is 332 g/mol. The highest BCUT2D eigenvalue weighted by Crippen LogP contribution is 2.34. The highest BCUT2D eigenvalue weighted by Gasteiger charge is 2.30. The fourth-order valence-electron chi connectivity index (χ4n) is 3.04. The maximum absolute atomic E-state index is 12.3. The number of carbonyl (C=O) groups is 1. The Morgan fingerprint density at radius 3 is 2.61 bits per heavy atom. The van der Waals surface area contributed by atoms with Crippen molar-refractivity contribution in [3.8, 4) is 5.75 Å². The Kier molecular flexibility index (Phi) is 5.64. The molecule has 0 saturated carbocycles. The van der Waals surface area contributed by atoms with Gasteiger partial charge in [0.1, 0.15) is 5.75 Å². The molecule has 5 heteroatoms. The normalized spacial score (nSPS) is 16.3. The van der Waals surface area contributed by atoms with Gasteiger partial charge in [0.2, 0.25) is 5.91 Å². The van der Waals surface area contributed by atoms with E-state index in [0.717, 1.165) is 23.3 Å². The van der Waals surface area contributed by atoms with E-state index in [1.54, 1.807) is 7.11 Å². The van der Waals surface area contributed by atoms with Crippen molar-refractivity contribution in [2.24, 2.45) is 5.73 Å². The van der Waals surface area contributed by atoms with Crippen LogP contribution >= 0.6 is 12.4 Å². The molecule has 3 rings (SSSR count). The van der Waals surface area contributed by atoms with E-state index in [-0.39, 0.29) is 30.9 Å². The molecule has 0 saturated heterocycles. The molecule has 1 atom stereocenters. The van der Waals surface area contributed by atoms with Crippen LogP contribution in [0.4, 0.5) is 0 Å². The molecular weight excluding hydrogens is 312 g/mol. The molecule has 1 aliphatic rings. The molecule has 1 amide bonds. The third-order valence-corrected chi connectivity index (χ3v) is 4.22. The molecule has 4 nitrogen and oxygen atoms in total. The van der Waals surface area contributed by atoms with Crippen molar-refractivity contribution in [3.63, 3.8) is 0 Å². The van der Waals surface area contributed by atoms with Gasteiger partial charge >= 0.3 is 0 Å². The summed E-state index contributed by atoms with van der Waals surface area (Å²) in [4.78, 5) is 14.2. The second kappa shape index (κ2) is 7.49. The summed E-state index contributed by atoms with van der Waals surface area (Å²) in [7, 11) is 1.65. The van der Waals surface area contributed by atoms with Gasteiger partial charge in [-0.2, -0.15) is 0 Å². The van der Waals surface area contributed by atoms with Crippen LogP contribution in [0.15, 0.2) is 48.5 Å². The number of rotatable bonds is 3. The SMILES string of the molecule is COc1ccc2c(c1)CN(C(=O)CN)C(c1ccccc1)C2.Cl. The Bertz CT molecular complexity index is 676. The second-order valence-corrected chi connectivity index (χ2v) is 5.49. The quantitative estimate of drug-likeness (QED) is 0.940. The van der Waals surface area contributed by atoms with E-state index in [9.17, 15) is 4.79 Å². The Morgan fingerprint density at radius 2 is 1.96 bits per heavy atom. The van der Waals surface area contributed by atoms with Crippen molar-refractivity contribution in [1.82, 2.24) is 4.90 Å². The molecule has 23 heavy (non-hydrogen) atoms. The minimum absolute atomic E-state index is 0. The highest BCUT2D eigenvalue weighted by atomic mass is 35.5. The van der Waals surface area contributed by atoms with Crippen molar-refractivity contribution in [1.29, 1.82) is 0 Å². The van der Waals surface area contributed by atoms with Gasteiger partial charge in [0.25, 0.3) is 0 Å². The van der Waals surface area contributed by atoms with E-state index in [0.29, 0.717) is 6.54 Å². The van der Waals surface area contributed by atoms with Gasteiger partial charge < -0.3 is 15.4 Å². The Morgan fingerprint density at radius 1 is 1.22 bits per heavy atom. The van der Waals surface area contributed by atoms with Gasteiger partial charge in [0.05, 0.1) is 19.7 Å². The van der Waals surface area contributed by atoms with Gasteiger partial charge in [-0.25, -0.2) is 0 Å². The molecule has 1 heterocycles. The molecule has 1 aliphatic heterocycles. The third kappa shape index (κ3) is 3.49. The zero-order valence-corrected chi connectivity index (χ0v) is 13.9. The number of fused-ring (bicyclic) bond motifs is 1. The van der Waals surface area contributed by atoms with Crippen LogP contribution < -0.4 is 10.5 Å². The van der Waals surface area contributed by atoms with Crippen molar-refractivity contribution in [3.05, 3.63) is 65.2 Å². The molecule has 2 N–H and O–H groups in total. The average Bonchev–Trinajstić information content (AvgIpc) is 2.60. The summed E-state index contributed by atoms with van der Waals surface area (Å²) >= 11 is 0. The molecule has 0 aliphatic carbocycles. The molecule has 0 radical (unpaired) electrons. The standard InChI is InChI=1S/C18H20N2O2.ClH/c1-22-16-8-7-14-10-17(13-5-3-2-4-6-13)20(18(21)11-19)12-15(14)9-16;/h2-9,17H,10-12,19H2,1H3;1H. The van der Waals surface area contributed by atoms with Crippen LogP contribution in [-0.2, 0) is 17.8 Å². The van der Waals surface area contributed by atoms with Crippen LogP contribution in [0.5, 0.6) is 5.75 Å². The molecule has 2 aromatic rings. The second-order valence-electron chi connectivity index (χ2n) is 5.49. The number of amides is 1. The Balaban J connectivity index is 0.00000192. The van der Waals surface area contributed by atoms with E-state index >= 15 is 0 Å². The topological polar surface area (TPSA) is 55.6 Å². The Hall–Kier alpha value is -2.04. The zero-order valence-electron chi connectivity index (χ0n) is 13.1. The maximum Gasteiger partial charge on any atom is 0.237 e. The van der Waals surface area contributed by atoms with E-state index in [1.165, 1.54) is 5.56 Å². The molecule has 2 aromatic carbocycles. The lowest BCUT2D eigenvalue weighted by atomic mass is 9.89. The smallest absolute Gasteiger partial charge is 0.237 e. The average molecular weight is 333 g/mol. The summed E-state index contributed by atoms with van der Waals surface area (Å²) in [5, 5.41) is 0. The van der Waals surface area contributed by atoms with Crippen molar-refractivity contribution in [2.75, 3.05) is 13.7 Å². The van der Waals surface area contributed by atoms with E-state index < -0.39 is 0 Å². The van der Waals surface area contributed by atoms with Gasteiger partial charge in [-0.3, -0.25) is 4.79 Å². The number of methoxy groups -OCH3 is 1. The summed E-state index contributed by atoms with van der Waals surface area (Å²) in [6.07, 6.45) is 0.801. The van der Waals surface area contributed by atoms with E-state index in [2.05, 4.69) is 18.2 Å². The minimum atomic E-state index is -0.0256. The fraction of sp³-hybridized carbons (Fsp3) is 0.278. The van der Waals surface area contributed by atoms with Crippen LogP contribution in [0.2, 0.25) is 0 Å². The maximum atomic E-state index is 12.3. The first-order valence-corrected chi connectivity index (χ1v) is 7.43. The van der Waals surface area contributed by atoms with Crippen LogP contribution in [-0.4, -0.2) is 24.5 Å². The first-order valence-electron chi connectivity index (χ1n) is 7.43. The van der Waals surface area contributed by atoms with Gasteiger partial charge in [-0.15, -0.1) is 12.4 Å². The first-order chi connectivity index (χ1) is 10.7.